The quantitative estimate of drug-likeness (QED) is 0.390. The van der Waals surface area contributed by atoms with Gasteiger partial charge in [0, 0.05) is 0 Å². The zero-order valence-electron chi connectivity index (χ0n) is 9.27. The van der Waals surface area contributed by atoms with Crippen LogP contribution >= 0.6 is 0 Å². The highest BCUT2D eigenvalue weighted by Crippen LogP contribution is 2.15. The van der Waals surface area contributed by atoms with Gasteiger partial charge in [-0.3, -0.25) is 0 Å². The van der Waals surface area contributed by atoms with E-state index in [9.17, 15) is 4.79 Å². The lowest BCUT2D eigenvalue weighted by Gasteiger charge is -2.11. The average Bonchev–Trinajstić information content (AvgIpc) is 2.29. The van der Waals surface area contributed by atoms with Gasteiger partial charge in [-0.1, -0.05) is 6.42 Å². The largest absolute Gasteiger partial charge is 0.655 e. The summed E-state index contributed by atoms with van der Waals surface area (Å²) >= 11 is 0. The highest BCUT2D eigenvalue weighted by molar-refractivity contribution is 5.76. The first-order valence-electron chi connectivity index (χ1n) is 4.95. The minimum atomic E-state index is -1.79. The van der Waals surface area contributed by atoms with Crippen molar-refractivity contribution in [2.24, 2.45) is 11.5 Å². The predicted molar refractivity (Wildman–Crippen MR) is 58.6 cm³/mol. The third-order valence-corrected chi connectivity index (χ3v) is 1.98. The van der Waals surface area contributed by atoms with Crippen molar-refractivity contribution in [2.45, 2.75) is 38.1 Å². The van der Waals surface area contributed by atoms with Gasteiger partial charge in [-0.05, 0) is 19.4 Å². The number of unbranched alkanes of at least 4 members (excludes halogenated alkanes) is 1. The lowest BCUT2D eigenvalue weighted by atomic mass is 10.1. The molecule has 0 saturated carbocycles. The molecule has 0 aliphatic rings. The first-order valence-corrected chi connectivity index (χ1v) is 4.95. The third kappa shape index (κ3) is 4.74. The van der Waals surface area contributed by atoms with Crippen molar-refractivity contribution in [1.29, 1.82) is 0 Å². The number of hydrogen-bond acceptors (Lipinski definition) is 4. The maximum Gasteiger partial charge on any atom is 0.655 e. The number of ether oxygens (including phenoxy) is 1. The fourth-order valence-corrected chi connectivity index (χ4v) is 0.963. The van der Waals surface area contributed by atoms with Crippen molar-refractivity contribution in [3.8, 4) is 0 Å². The third-order valence-electron chi connectivity index (χ3n) is 1.98. The van der Waals surface area contributed by atoms with E-state index in [1.54, 1.807) is 0 Å². The molecule has 0 aliphatic carbocycles. The fraction of sp³-hybridized carbons (Fsp3) is 0.700. The summed E-state index contributed by atoms with van der Waals surface area (Å²) in [6.07, 6.45) is 1.95. The van der Waals surface area contributed by atoms with E-state index in [1.165, 1.54) is 6.92 Å². The molecule has 0 aliphatic heterocycles. The second-order valence-corrected chi connectivity index (χ2v) is 3.47. The van der Waals surface area contributed by atoms with Crippen LogP contribution in [0.4, 0.5) is 0 Å². The molecule has 0 aromatic rings. The first-order chi connectivity index (χ1) is 7.49. The van der Waals surface area contributed by atoms with Gasteiger partial charge < -0.3 is 16.2 Å². The molecule has 0 heterocycles. The maximum absolute atomic E-state index is 11.4. The van der Waals surface area contributed by atoms with Gasteiger partial charge in [0.2, 0.25) is 0 Å². The molecular formula is C10H16N4O2. The molecule has 0 unspecified atom stereocenters. The highest BCUT2D eigenvalue weighted by Gasteiger charge is 2.43. The number of hydrogen-bond donors (Lipinski definition) is 2. The lowest BCUT2D eigenvalue weighted by Crippen LogP contribution is -2.37. The van der Waals surface area contributed by atoms with Crippen LogP contribution in [-0.4, -0.2) is 24.4 Å². The standard InChI is InChI=1S/C10H16N4O2/c1-10(13-2,14-3)16-9(15)8(12)6-4-5-7-11/h8H,4-7,11-12H2,1H3/t8-/m0/s1. The van der Waals surface area contributed by atoms with E-state index in [4.69, 9.17) is 29.3 Å². The van der Waals surface area contributed by atoms with Crippen LogP contribution in [0.2, 0.25) is 0 Å². The van der Waals surface area contributed by atoms with Gasteiger partial charge in [0.25, 0.3) is 0 Å². The zero-order chi connectivity index (χ0) is 12.6. The van der Waals surface area contributed by atoms with Gasteiger partial charge in [-0.15, -0.1) is 0 Å². The Kier molecular flexibility index (Phi) is 6.09. The molecule has 0 rings (SSSR count). The predicted octanol–water partition coefficient (Wildman–Crippen LogP) is 0.498. The number of nitrogens with two attached hydrogens (primary N) is 2. The number of nitrogens with zero attached hydrogens (tertiary/aromatic N) is 2. The molecule has 1 atom stereocenters. The van der Waals surface area contributed by atoms with Gasteiger partial charge in [0.05, 0.1) is 0 Å². The van der Waals surface area contributed by atoms with Crippen LogP contribution in [0.25, 0.3) is 9.69 Å². The summed E-state index contributed by atoms with van der Waals surface area (Å²) in [5.41, 5.74) is 10.9. The van der Waals surface area contributed by atoms with E-state index in [-0.39, 0.29) is 0 Å². The first kappa shape index (κ1) is 14.4. The summed E-state index contributed by atoms with van der Waals surface area (Å²) < 4.78 is 4.73. The van der Waals surface area contributed by atoms with E-state index in [1.807, 2.05) is 0 Å². The Morgan fingerprint density at radius 1 is 1.44 bits per heavy atom. The monoisotopic (exact) mass is 224 g/mol. The van der Waals surface area contributed by atoms with Crippen LogP contribution in [0.1, 0.15) is 26.2 Å². The number of carbonyl (C=O) groups is 1. The Hall–Kier alpha value is -1.63. The molecular weight excluding hydrogens is 208 g/mol. The Bertz CT molecular complexity index is 302. The van der Waals surface area contributed by atoms with Crippen LogP contribution in [0.5, 0.6) is 0 Å². The highest BCUT2D eigenvalue weighted by atomic mass is 16.6. The van der Waals surface area contributed by atoms with E-state index < -0.39 is 17.9 Å². The van der Waals surface area contributed by atoms with Gasteiger partial charge >= 0.3 is 11.8 Å². The fourth-order valence-electron chi connectivity index (χ4n) is 0.963. The summed E-state index contributed by atoms with van der Waals surface area (Å²) in [5.74, 6) is -2.51. The van der Waals surface area contributed by atoms with E-state index in [0.717, 1.165) is 12.8 Å². The molecule has 0 fully saturated rings. The minimum Gasteiger partial charge on any atom is -0.330 e. The maximum atomic E-state index is 11.4. The summed E-state index contributed by atoms with van der Waals surface area (Å²) in [6, 6.07) is -0.797. The second kappa shape index (κ2) is 6.78. The molecule has 16 heavy (non-hydrogen) atoms. The zero-order valence-corrected chi connectivity index (χ0v) is 9.27. The Morgan fingerprint density at radius 2 is 2.00 bits per heavy atom. The smallest absolute Gasteiger partial charge is 0.330 e. The average molecular weight is 224 g/mol. The Labute approximate surface area is 95.2 Å². The van der Waals surface area contributed by atoms with E-state index >= 15 is 0 Å². The lowest BCUT2D eigenvalue weighted by molar-refractivity contribution is -0.152. The molecule has 0 spiro atoms. The van der Waals surface area contributed by atoms with Crippen molar-refractivity contribution in [1.82, 2.24) is 0 Å². The number of carbonyl (C=O) groups excluding carboxylic acids is 1. The molecule has 0 radical (unpaired) electrons. The topological polar surface area (TPSA) is 87.1 Å². The summed E-state index contributed by atoms with van der Waals surface area (Å²) in [4.78, 5) is 17.3. The molecule has 6 heteroatoms. The van der Waals surface area contributed by atoms with Crippen LogP contribution in [0.15, 0.2) is 0 Å². The van der Waals surface area contributed by atoms with Crippen LogP contribution < -0.4 is 11.5 Å². The Balaban J connectivity index is 4.17. The minimum absolute atomic E-state index is 0.447. The molecule has 6 nitrogen and oxygen atoms in total. The SMILES string of the molecule is [C-]#[N+]C(C)([N+]#[C-])OC(=O)[C@@H](N)CCCCN. The van der Waals surface area contributed by atoms with Gasteiger partial charge in [0.15, 0.2) is 0 Å². The molecule has 4 N–H and O–H groups in total. The van der Waals surface area contributed by atoms with Crippen molar-refractivity contribution in [3.63, 3.8) is 0 Å². The molecule has 0 saturated heterocycles. The van der Waals surface area contributed by atoms with Crippen LogP contribution in [-0.2, 0) is 9.53 Å². The molecule has 88 valence electrons. The van der Waals surface area contributed by atoms with Crippen molar-refractivity contribution < 1.29 is 9.53 Å². The molecule has 0 amide bonds. The van der Waals surface area contributed by atoms with Crippen molar-refractivity contribution >= 4 is 5.97 Å². The van der Waals surface area contributed by atoms with E-state index in [2.05, 4.69) is 9.69 Å². The molecule has 0 aromatic carbocycles. The van der Waals surface area contributed by atoms with E-state index in [0.29, 0.717) is 13.0 Å². The number of rotatable bonds is 6. The van der Waals surface area contributed by atoms with Crippen molar-refractivity contribution in [3.05, 3.63) is 22.8 Å². The van der Waals surface area contributed by atoms with Gasteiger partial charge in [-0.2, -0.15) is 9.69 Å². The summed E-state index contributed by atoms with van der Waals surface area (Å²) in [6.45, 7) is 15.2. The molecule has 0 aromatic heterocycles. The van der Waals surface area contributed by atoms with Crippen LogP contribution in [0, 0.1) is 13.1 Å². The normalized spacial score (nSPS) is 12.3. The Morgan fingerprint density at radius 3 is 2.44 bits per heavy atom. The van der Waals surface area contributed by atoms with Crippen molar-refractivity contribution in [2.75, 3.05) is 6.54 Å². The summed E-state index contributed by atoms with van der Waals surface area (Å²) in [7, 11) is 0. The molecule has 0 bridgehead atoms. The number of esters is 1. The summed E-state index contributed by atoms with van der Waals surface area (Å²) in [5, 5.41) is 0. The van der Waals surface area contributed by atoms with Crippen LogP contribution in [0.3, 0.4) is 0 Å². The van der Waals surface area contributed by atoms with Gasteiger partial charge in [-0.25, -0.2) is 17.9 Å². The second-order valence-electron chi connectivity index (χ2n) is 3.47. The van der Waals surface area contributed by atoms with Gasteiger partial charge in [0.1, 0.15) is 13.0 Å².